The maximum Gasteiger partial charge on any atom is 0.0370 e. The Morgan fingerprint density at radius 2 is 1.74 bits per heavy atom. The molecule has 1 N–H and O–H groups in total. The van der Waals surface area contributed by atoms with Gasteiger partial charge in [-0.3, -0.25) is 0 Å². The van der Waals surface area contributed by atoms with Crippen molar-refractivity contribution in [3.05, 3.63) is 68.1 Å². The van der Waals surface area contributed by atoms with Gasteiger partial charge in [0.05, 0.1) is 0 Å². The van der Waals surface area contributed by atoms with Gasteiger partial charge in [-0.15, -0.1) is 0 Å². The van der Waals surface area contributed by atoms with E-state index in [1.165, 1.54) is 16.7 Å². The van der Waals surface area contributed by atoms with Crippen LogP contribution in [0.2, 0.25) is 0 Å². The van der Waals surface area contributed by atoms with E-state index in [0.29, 0.717) is 6.04 Å². The van der Waals surface area contributed by atoms with Crippen LogP contribution in [0.1, 0.15) is 22.7 Å². The second kappa shape index (κ2) is 6.69. The van der Waals surface area contributed by atoms with Crippen molar-refractivity contribution < 1.29 is 0 Å². The first-order valence-electron chi connectivity index (χ1n) is 6.28. The number of hydrogen-bond donors (Lipinski definition) is 1. The number of halogens is 2. The number of likely N-dealkylation sites (N-methyl/N-ethyl adjacent to an activating group) is 1. The number of rotatable bonds is 4. The molecule has 0 heterocycles. The molecule has 0 aromatic heterocycles. The van der Waals surface area contributed by atoms with Gasteiger partial charge < -0.3 is 5.32 Å². The summed E-state index contributed by atoms with van der Waals surface area (Å²) in [6.45, 7) is 2.12. The summed E-state index contributed by atoms with van der Waals surface area (Å²) < 4.78 is 2.25. The van der Waals surface area contributed by atoms with Gasteiger partial charge in [-0.05, 0) is 49.7 Å². The standard InChI is InChI=1S/C16H17Br2N/c1-11-3-5-12(6-4-11)9-16(19-2)14-10-13(17)7-8-15(14)18/h3-8,10,16,19H,9H2,1-2H3. The van der Waals surface area contributed by atoms with Crippen molar-refractivity contribution >= 4 is 31.9 Å². The minimum atomic E-state index is 0.301. The van der Waals surface area contributed by atoms with Crippen molar-refractivity contribution in [3.8, 4) is 0 Å². The average molecular weight is 383 g/mol. The van der Waals surface area contributed by atoms with Crippen molar-refractivity contribution in [2.75, 3.05) is 7.05 Å². The quantitative estimate of drug-likeness (QED) is 0.782. The molecule has 100 valence electrons. The molecule has 1 unspecified atom stereocenters. The summed E-state index contributed by atoms with van der Waals surface area (Å²) in [5.74, 6) is 0. The average Bonchev–Trinajstić information content (AvgIpc) is 2.41. The van der Waals surface area contributed by atoms with Crippen LogP contribution >= 0.6 is 31.9 Å². The van der Waals surface area contributed by atoms with E-state index in [1.807, 2.05) is 13.1 Å². The fourth-order valence-corrected chi connectivity index (χ4v) is 3.01. The molecule has 0 radical (unpaired) electrons. The molecule has 1 nitrogen and oxygen atoms in total. The van der Waals surface area contributed by atoms with Crippen LogP contribution in [0.15, 0.2) is 51.4 Å². The lowest BCUT2D eigenvalue weighted by atomic mass is 9.98. The molecule has 3 heteroatoms. The van der Waals surface area contributed by atoms with Crippen LogP contribution < -0.4 is 5.32 Å². The second-order valence-electron chi connectivity index (χ2n) is 4.70. The highest BCUT2D eigenvalue weighted by Crippen LogP contribution is 2.29. The highest BCUT2D eigenvalue weighted by molar-refractivity contribution is 9.11. The number of aryl methyl sites for hydroxylation is 1. The van der Waals surface area contributed by atoms with Gasteiger partial charge in [0.2, 0.25) is 0 Å². The first kappa shape index (κ1) is 14.8. The Kier molecular flexibility index (Phi) is 5.20. The molecule has 0 fully saturated rings. The summed E-state index contributed by atoms with van der Waals surface area (Å²) in [5, 5.41) is 3.40. The normalized spacial score (nSPS) is 12.4. The topological polar surface area (TPSA) is 12.0 Å². The molecule has 0 aliphatic rings. The van der Waals surface area contributed by atoms with Gasteiger partial charge in [0.15, 0.2) is 0 Å². The molecule has 0 aliphatic heterocycles. The highest BCUT2D eigenvalue weighted by atomic mass is 79.9. The van der Waals surface area contributed by atoms with Gasteiger partial charge in [-0.25, -0.2) is 0 Å². The third kappa shape index (κ3) is 3.91. The Morgan fingerprint density at radius 3 is 2.37 bits per heavy atom. The summed E-state index contributed by atoms with van der Waals surface area (Å²) in [5.41, 5.74) is 3.92. The fourth-order valence-electron chi connectivity index (χ4n) is 2.11. The molecule has 2 rings (SSSR count). The zero-order chi connectivity index (χ0) is 13.8. The predicted octanol–water partition coefficient (Wildman–Crippen LogP) is 5.02. The molecule has 1 atom stereocenters. The van der Waals surface area contributed by atoms with Gasteiger partial charge in [0, 0.05) is 15.0 Å². The van der Waals surface area contributed by atoms with E-state index in [1.54, 1.807) is 0 Å². The van der Waals surface area contributed by atoms with Crippen molar-refractivity contribution in [1.29, 1.82) is 0 Å². The molecular weight excluding hydrogens is 366 g/mol. The third-order valence-electron chi connectivity index (χ3n) is 3.24. The van der Waals surface area contributed by atoms with E-state index < -0.39 is 0 Å². The van der Waals surface area contributed by atoms with E-state index in [0.717, 1.165) is 15.4 Å². The lowest BCUT2D eigenvalue weighted by molar-refractivity contribution is 0.589. The minimum Gasteiger partial charge on any atom is -0.313 e. The van der Waals surface area contributed by atoms with Crippen LogP contribution in [-0.2, 0) is 6.42 Å². The van der Waals surface area contributed by atoms with Crippen LogP contribution in [0, 0.1) is 6.92 Å². The Hall–Kier alpha value is -0.640. The maximum atomic E-state index is 3.64. The molecule has 0 aliphatic carbocycles. The van der Waals surface area contributed by atoms with Crippen LogP contribution in [-0.4, -0.2) is 7.05 Å². The van der Waals surface area contributed by atoms with Crippen molar-refractivity contribution in [3.63, 3.8) is 0 Å². The van der Waals surface area contributed by atoms with Crippen molar-refractivity contribution in [2.24, 2.45) is 0 Å². The summed E-state index contributed by atoms with van der Waals surface area (Å²) in [4.78, 5) is 0. The predicted molar refractivity (Wildman–Crippen MR) is 88.5 cm³/mol. The lowest BCUT2D eigenvalue weighted by Gasteiger charge is -2.19. The van der Waals surface area contributed by atoms with E-state index in [-0.39, 0.29) is 0 Å². The smallest absolute Gasteiger partial charge is 0.0370 e. The number of benzene rings is 2. The van der Waals surface area contributed by atoms with Gasteiger partial charge in [-0.2, -0.15) is 0 Å². The lowest BCUT2D eigenvalue weighted by Crippen LogP contribution is -2.19. The molecule has 19 heavy (non-hydrogen) atoms. The zero-order valence-electron chi connectivity index (χ0n) is 11.1. The number of hydrogen-bond acceptors (Lipinski definition) is 1. The summed E-state index contributed by atoms with van der Waals surface area (Å²) >= 11 is 7.18. The van der Waals surface area contributed by atoms with Crippen LogP contribution in [0.25, 0.3) is 0 Å². The van der Waals surface area contributed by atoms with Crippen LogP contribution in [0.4, 0.5) is 0 Å². The Balaban J connectivity index is 2.24. The van der Waals surface area contributed by atoms with E-state index >= 15 is 0 Å². The molecule has 0 saturated carbocycles. The zero-order valence-corrected chi connectivity index (χ0v) is 14.3. The van der Waals surface area contributed by atoms with Crippen LogP contribution in [0.3, 0.4) is 0 Å². The van der Waals surface area contributed by atoms with E-state index in [9.17, 15) is 0 Å². The van der Waals surface area contributed by atoms with E-state index in [2.05, 4.69) is 80.5 Å². The SMILES string of the molecule is CNC(Cc1ccc(C)cc1)c1cc(Br)ccc1Br. The maximum absolute atomic E-state index is 3.64. The fraction of sp³-hybridized carbons (Fsp3) is 0.250. The van der Waals surface area contributed by atoms with Crippen molar-refractivity contribution in [2.45, 2.75) is 19.4 Å². The highest BCUT2D eigenvalue weighted by Gasteiger charge is 2.13. The molecular formula is C16H17Br2N. The molecule has 0 bridgehead atoms. The molecule has 0 amide bonds. The van der Waals surface area contributed by atoms with Gasteiger partial charge in [0.25, 0.3) is 0 Å². The van der Waals surface area contributed by atoms with Gasteiger partial charge in [-0.1, -0.05) is 61.7 Å². The van der Waals surface area contributed by atoms with Gasteiger partial charge in [0.1, 0.15) is 0 Å². The first-order valence-corrected chi connectivity index (χ1v) is 7.86. The molecule has 0 spiro atoms. The van der Waals surface area contributed by atoms with Crippen molar-refractivity contribution in [1.82, 2.24) is 5.32 Å². The van der Waals surface area contributed by atoms with E-state index in [4.69, 9.17) is 0 Å². The summed E-state index contributed by atoms with van der Waals surface area (Å²) in [7, 11) is 2.01. The first-order chi connectivity index (χ1) is 9.10. The largest absolute Gasteiger partial charge is 0.313 e. The molecule has 0 saturated heterocycles. The Morgan fingerprint density at radius 1 is 1.05 bits per heavy atom. The summed E-state index contributed by atoms with van der Waals surface area (Å²) in [6, 6.07) is 15.3. The third-order valence-corrected chi connectivity index (χ3v) is 4.46. The Bertz CT molecular complexity index is 549. The second-order valence-corrected chi connectivity index (χ2v) is 6.47. The minimum absolute atomic E-state index is 0.301. The van der Waals surface area contributed by atoms with Crippen LogP contribution in [0.5, 0.6) is 0 Å². The molecule has 2 aromatic rings. The number of nitrogens with one attached hydrogen (secondary N) is 1. The molecule has 2 aromatic carbocycles. The summed E-state index contributed by atoms with van der Waals surface area (Å²) in [6.07, 6.45) is 0.978. The monoisotopic (exact) mass is 381 g/mol. The Labute approximate surface area is 131 Å². The van der Waals surface area contributed by atoms with Gasteiger partial charge >= 0.3 is 0 Å².